The Morgan fingerprint density at radius 3 is 2.50 bits per heavy atom. The summed E-state index contributed by atoms with van der Waals surface area (Å²) < 4.78 is 39.4. The number of aryl methyl sites for hydroxylation is 1. The van der Waals surface area contributed by atoms with E-state index in [-0.39, 0.29) is 23.4 Å². The second kappa shape index (κ2) is 5.77. The minimum absolute atomic E-state index is 0.0531. The van der Waals surface area contributed by atoms with E-state index in [0.29, 0.717) is 5.56 Å². The largest absolute Gasteiger partial charge is 0.326 e. The minimum atomic E-state index is -3.62. The number of rotatable bonds is 5. The molecule has 0 bridgehead atoms. The molecule has 1 aromatic rings. The van der Waals surface area contributed by atoms with Crippen molar-refractivity contribution in [3.8, 4) is 0 Å². The lowest BCUT2D eigenvalue weighted by Gasteiger charge is -2.16. The van der Waals surface area contributed by atoms with Crippen molar-refractivity contribution in [3.63, 3.8) is 0 Å². The van der Waals surface area contributed by atoms with Crippen molar-refractivity contribution in [2.75, 3.05) is 6.54 Å². The quantitative estimate of drug-likeness (QED) is 0.852. The molecule has 0 spiro atoms. The smallest absolute Gasteiger partial charge is 0.240 e. The number of benzene rings is 1. The van der Waals surface area contributed by atoms with Crippen LogP contribution in [0.1, 0.15) is 19.4 Å². The van der Waals surface area contributed by atoms with Gasteiger partial charge in [-0.05, 0) is 36.6 Å². The molecule has 0 saturated carbocycles. The van der Waals surface area contributed by atoms with Gasteiger partial charge in [0.1, 0.15) is 5.82 Å². The van der Waals surface area contributed by atoms with E-state index in [1.165, 1.54) is 19.1 Å². The first-order valence-corrected chi connectivity index (χ1v) is 7.23. The van der Waals surface area contributed by atoms with E-state index in [1.807, 2.05) is 13.8 Å². The molecule has 0 aliphatic rings. The standard InChI is InChI=1S/C12H19FN2O2S/c1-8(2)12(14)7-15-18(16,17)10-4-5-11(13)9(3)6-10/h4-6,8,12,15H,7,14H2,1-3H3. The Hall–Kier alpha value is -0.980. The molecule has 0 aliphatic carbocycles. The number of hydrogen-bond acceptors (Lipinski definition) is 3. The zero-order chi connectivity index (χ0) is 13.9. The second-order valence-electron chi connectivity index (χ2n) is 4.67. The maximum absolute atomic E-state index is 13.1. The normalized spacial score (nSPS) is 13.9. The topological polar surface area (TPSA) is 72.2 Å². The third-order valence-corrected chi connectivity index (χ3v) is 4.23. The van der Waals surface area contributed by atoms with Gasteiger partial charge in [0.05, 0.1) is 4.90 Å². The molecule has 1 rings (SSSR count). The van der Waals surface area contributed by atoms with E-state index < -0.39 is 15.8 Å². The summed E-state index contributed by atoms with van der Waals surface area (Å²) in [5.74, 6) is -0.240. The molecule has 1 unspecified atom stereocenters. The lowest BCUT2D eigenvalue weighted by atomic mass is 10.1. The highest BCUT2D eigenvalue weighted by molar-refractivity contribution is 7.89. The van der Waals surface area contributed by atoms with Gasteiger partial charge >= 0.3 is 0 Å². The Bertz CT molecular complexity index is 515. The van der Waals surface area contributed by atoms with E-state index in [9.17, 15) is 12.8 Å². The second-order valence-corrected chi connectivity index (χ2v) is 6.44. The first-order valence-electron chi connectivity index (χ1n) is 5.75. The average molecular weight is 274 g/mol. The zero-order valence-electron chi connectivity index (χ0n) is 10.8. The first-order chi connectivity index (χ1) is 8.24. The molecule has 0 fully saturated rings. The number of halogens is 1. The summed E-state index contributed by atoms with van der Waals surface area (Å²) in [5.41, 5.74) is 6.07. The molecule has 3 N–H and O–H groups in total. The highest BCUT2D eigenvalue weighted by atomic mass is 32.2. The van der Waals surface area contributed by atoms with Crippen LogP contribution in [0.15, 0.2) is 23.1 Å². The fourth-order valence-corrected chi connectivity index (χ4v) is 2.47. The molecule has 0 aliphatic heterocycles. The molecule has 1 aromatic carbocycles. The van der Waals surface area contributed by atoms with Gasteiger partial charge in [0, 0.05) is 12.6 Å². The van der Waals surface area contributed by atoms with Gasteiger partial charge in [-0.25, -0.2) is 17.5 Å². The fraction of sp³-hybridized carbons (Fsp3) is 0.500. The molecule has 0 amide bonds. The molecular weight excluding hydrogens is 255 g/mol. The van der Waals surface area contributed by atoms with Crippen LogP contribution >= 0.6 is 0 Å². The summed E-state index contributed by atoms with van der Waals surface area (Å²) in [7, 11) is -3.62. The molecule has 6 heteroatoms. The minimum Gasteiger partial charge on any atom is -0.326 e. The number of hydrogen-bond donors (Lipinski definition) is 2. The van der Waals surface area contributed by atoms with Crippen LogP contribution in [0.5, 0.6) is 0 Å². The molecular formula is C12H19FN2O2S. The van der Waals surface area contributed by atoms with Crippen LogP contribution in [0, 0.1) is 18.7 Å². The van der Waals surface area contributed by atoms with Crippen LogP contribution in [-0.2, 0) is 10.0 Å². The monoisotopic (exact) mass is 274 g/mol. The Labute approximate surface area is 107 Å². The van der Waals surface area contributed by atoms with Gasteiger partial charge in [0.2, 0.25) is 10.0 Å². The number of sulfonamides is 1. The Morgan fingerprint density at radius 2 is 2.00 bits per heavy atom. The van der Waals surface area contributed by atoms with E-state index >= 15 is 0 Å². The average Bonchev–Trinajstić information content (AvgIpc) is 2.29. The van der Waals surface area contributed by atoms with Gasteiger partial charge in [-0.1, -0.05) is 13.8 Å². The fourth-order valence-electron chi connectivity index (χ4n) is 1.31. The van der Waals surface area contributed by atoms with Gasteiger partial charge in [-0.3, -0.25) is 0 Å². The molecule has 102 valence electrons. The molecule has 4 nitrogen and oxygen atoms in total. The molecule has 0 radical (unpaired) electrons. The summed E-state index contributed by atoms with van der Waals surface area (Å²) in [6.07, 6.45) is 0. The lowest BCUT2D eigenvalue weighted by Crippen LogP contribution is -2.40. The number of nitrogens with one attached hydrogen (secondary N) is 1. The molecule has 1 atom stereocenters. The van der Waals surface area contributed by atoms with Crippen LogP contribution in [0.4, 0.5) is 4.39 Å². The summed E-state index contributed by atoms with van der Waals surface area (Å²) in [6, 6.07) is 3.44. The Balaban J connectivity index is 2.83. The van der Waals surface area contributed by atoms with Gasteiger partial charge in [0.25, 0.3) is 0 Å². The van der Waals surface area contributed by atoms with Crippen molar-refractivity contribution < 1.29 is 12.8 Å². The van der Waals surface area contributed by atoms with Gasteiger partial charge in [0.15, 0.2) is 0 Å². The van der Waals surface area contributed by atoms with Gasteiger partial charge < -0.3 is 5.73 Å². The predicted octanol–water partition coefficient (Wildman–Crippen LogP) is 1.40. The van der Waals surface area contributed by atoms with Gasteiger partial charge in [-0.15, -0.1) is 0 Å². The van der Waals surface area contributed by atoms with Crippen LogP contribution in [0.25, 0.3) is 0 Å². The predicted molar refractivity (Wildman–Crippen MR) is 69.1 cm³/mol. The van der Waals surface area contributed by atoms with Crippen LogP contribution in [-0.4, -0.2) is 21.0 Å². The summed E-state index contributed by atoms with van der Waals surface area (Å²) in [4.78, 5) is 0.0531. The first kappa shape index (κ1) is 15.1. The van der Waals surface area contributed by atoms with E-state index in [1.54, 1.807) is 0 Å². The van der Waals surface area contributed by atoms with E-state index in [2.05, 4.69) is 4.72 Å². The summed E-state index contributed by atoms with van der Waals surface area (Å²) in [6.45, 7) is 5.52. The Kier molecular flexibility index (Phi) is 4.84. The van der Waals surface area contributed by atoms with Crippen molar-refractivity contribution in [1.29, 1.82) is 0 Å². The van der Waals surface area contributed by atoms with Crippen molar-refractivity contribution in [2.45, 2.75) is 31.7 Å². The van der Waals surface area contributed by atoms with Crippen molar-refractivity contribution in [2.24, 2.45) is 11.7 Å². The van der Waals surface area contributed by atoms with E-state index in [0.717, 1.165) is 6.07 Å². The van der Waals surface area contributed by atoms with Crippen molar-refractivity contribution in [3.05, 3.63) is 29.6 Å². The SMILES string of the molecule is Cc1cc(S(=O)(=O)NCC(N)C(C)C)ccc1F. The van der Waals surface area contributed by atoms with Gasteiger partial charge in [-0.2, -0.15) is 0 Å². The highest BCUT2D eigenvalue weighted by Crippen LogP contribution is 2.14. The van der Waals surface area contributed by atoms with Crippen LogP contribution in [0.3, 0.4) is 0 Å². The molecule has 0 heterocycles. The maximum atomic E-state index is 13.1. The third-order valence-electron chi connectivity index (χ3n) is 2.81. The lowest BCUT2D eigenvalue weighted by molar-refractivity contribution is 0.481. The summed E-state index contributed by atoms with van der Waals surface area (Å²) in [5, 5.41) is 0. The van der Waals surface area contributed by atoms with E-state index in [4.69, 9.17) is 5.73 Å². The van der Waals surface area contributed by atoms with Crippen molar-refractivity contribution in [1.82, 2.24) is 4.72 Å². The maximum Gasteiger partial charge on any atom is 0.240 e. The molecule has 0 aromatic heterocycles. The molecule has 0 saturated heterocycles. The Morgan fingerprint density at radius 1 is 1.39 bits per heavy atom. The van der Waals surface area contributed by atoms with Crippen molar-refractivity contribution >= 4 is 10.0 Å². The highest BCUT2D eigenvalue weighted by Gasteiger charge is 2.17. The number of nitrogens with two attached hydrogens (primary N) is 1. The molecule has 18 heavy (non-hydrogen) atoms. The third kappa shape index (κ3) is 3.76. The van der Waals surface area contributed by atoms with Crippen LogP contribution in [0.2, 0.25) is 0 Å². The summed E-state index contributed by atoms with van der Waals surface area (Å²) >= 11 is 0. The van der Waals surface area contributed by atoms with Crippen LogP contribution < -0.4 is 10.5 Å². The zero-order valence-corrected chi connectivity index (χ0v) is 11.6.